The van der Waals surface area contributed by atoms with Crippen LogP contribution in [-0.4, -0.2) is 45.5 Å². The fourth-order valence-corrected chi connectivity index (χ4v) is 3.09. The smallest absolute Gasteiger partial charge is 0.325 e. The molecule has 6 heteroatoms. The van der Waals surface area contributed by atoms with E-state index in [0.717, 1.165) is 11.4 Å². The molecule has 0 radical (unpaired) electrons. The molecule has 0 saturated heterocycles. The zero-order chi connectivity index (χ0) is 16.4. The topological polar surface area (TPSA) is 67.6 Å². The summed E-state index contributed by atoms with van der Waals surface area (Å²) in [5.41, 5.74) is 2.77. The molecule has 2 heterocycles. The van der Waals surface area contributed by atoms with Crippen LogP contribution in [0.25, 0.3) is 0 Å². The number of carbonyl (C=O) groups is 1. The number of rotatable bonds is 4. The van der Waals surface area contributed by atoms with E-state index < -0.39 is 12.0 Å². The van der Waals surface area contributed by atoms with Gasteiger partial charge in [0.1, 0.15) is 18.4 Å². The third kappa shape index (κ3) is 3.22. The number of ether oxygens (including phenoxy) is 1. The number of para-hydroxylation sites is 1. The van der Waals surface area contributed by atoms with Crippen molar-refractivity contribution in [2.45, 2.75) is 26.4 Å². The van der Waals surface area contributed by atoms with Crippen molar-refractivity contribution in [3.8, 4) is 5.75 Å². The molecule has 0 amide bonds. The Balaban J connectivity index is 1.83. The molecule has 23 heavy (non-hydrogen) atoms. The molecule has 0 spiro atoms. The lowest BCUT2D eigenvalue weighted by Gasteiger charge is -2.26. The number of aryl methyl sites for hydroxylation is 2. The van der Waals surface area contributed by atoms with Crippen molar-refractivity contribution >= 4 is 5.97 Å². The highest BCUT2D eigenvalue weighted by molar-refractivity contribution is 5.76. The van der Waals surface area contributed by atoms with Crippen LogP contribution in [0.3, 0.4) is 0 Å². The van der Waals surface area contributed by atoms with Crippen molar-refractivity contribution in [2.24, 2.45) is 0 Å². The number of aromatic nitrogens is 2. The van der Waals surface area contributed by atoms with Gasteiger partial charge in [0.25, 0.3) is 0 Å². The van der Waals surface area contributed by atoms with E-state index in [4.69, 9.17) is 4.74 Å². The van der Waals surface area contributed by atoms with E-state index in [1.54, 1.807) is 0 Å². The highest BCUT2D eigenvalue weighted by atomic mass is 16.5. The Bertz CT molecular complexity index is 711. The average molecular weight is 315 g/mol. The number of carboxylic acids is 1. The van der Waals surface area contributed by atoms with Crippen LogP contribution in [0.5, 0.6) is 5.75 Å². The maximum absolute atomic E-state index is 11.8. The van der Waals surface area contributed by atoms with E-state index in [9.17, 15) is 9.90 Å². The van der Waals surface area contributed by atoms with E-state index >= 15 is 0 Å². The zero-order valence-electron chi connectivity index (χ0n) is 13.4. The summed E-state index contributed by atoms with van der Waals surface area (Å²) in [6.07, 6.45) is 0. The lowest BCUT2D eigenvalue weighted by Crippen LogP contribution is -2.37. The molecule has 1 aromatic heterocycles. The van der Waals surface area contributed by atoms with Gasteiger partial charge in [-0.2, -0.15) is 5.10 Å². The second kappa shape index (κ2) is 6.42. The third-order valence-corrected chi connectivity index (χ3v) is 4.15. The van der Waals surface area contributed by atoms with Gasteiger partial charge in [-0.3, -0.25) is 14.4 Å². The molecule has 0 fully saturated rings. The van der Waals surface area contributed by atoms with Gasteiger partial charge in [0.2, 0.25) is 0 Å². The monoisotopic (exact) mass is 315 g/mol. The van der Waals surface area contributed by atoms with Gasteiger partial charge in [0.05, 0.1) is 12.2 Å². The fourth-order valence-electron chi connectivity index (χ4n) is 3.09. The Hall–Kier alpha value is -2.34. The first kappa shape index (κ1) is 15.6. The van der Waals surface area contributed by atoms with Crippen molar-refractivity contribution < 1.29 is 14.6 Å². The van der Waals surface area contributed by atoms with Crippen molar-refractivity contribution in [2.75, 3.05) is 19.7 Å². The largest absolute Gasteiger partial charge is 0.492 e. The normalized spacial score (nSPS) is 18.1. The summed E-state index contributed by atoms with van der Waals surface area (Å²) in [4.78, 5) is 13.8. The van der Waals surface area contributed by atoms with Crippen LogP contribution < -0.4 is 4.74 Å². The van der Waals surface area contributed by atoms with Gasteiger partial charge in [-0.15, -0.1) is 0 Å². The second-order valence-corrected chi connectivity index (χ2v) is 5.81. The average Bonchev–Trinajstić information content (AvgIpc) is 2.73. The van der Waals surface area contributed by atoms with Crippen molar-refractivity contribution in [1.29, 1.82) is 0 Å². The van der Waals surface area contributed by atoms with Gasteiger partial charge < -0.3 is 9.84 Å². The minimum atomic E-state index is -0.851. The summed E-state index contributed by atoms with van der Waals surface area (Å²) < 4.78 is 7.63. The van der Waals surface area contributed by atoms with E-state index in [1.165, 1.54) is 0 Å². The minimum Gasteiger partial charge on any atom is -0.492 e. The first-order valence-corrected chi connectivity index (χ1v) is 7.76. The first-order valence-electron chi connectivity index (χ1n) is 7.76. The summed E-state index contributed by atoms with van der Waals surface area (Å²) in [6, 6.07) is 8.71. The van der Waals surface area contributed by atoms with E-state index in [-0.39, 0.29) is 0 Å². The lowest BCUT2D eigenvalue weighted by molar-refractivity contribution is -0.143. The molecule has 1 aliphatic rings. The predicted octanol–water partition coefficient (Wildman–Crippen LogP) is 2.02. The molecule has 0 saturated carbocycles. The number of hydrogen-bond donors (Lipinski definition) is 1. The number of hydrogen-bond acceptors (Lipinski definition) is 4. The molecular weight excluding hydrogens is 294 g/mol. The van der Waals surface area contributed by atoms with Crippen LogP contribution in [0, 0.1) is 13.8 Å². The Morgan fingerprint density at radius 3 is 2.83 bits per heavy atom. The maximum atomic E-state index is 11.8. The fraction of sp³-hybridized carbons (Fsp3) is 0.412. The van der Waals surface area contributed by atoms with Crippen LogP contribution in [0.4, 0.5) is 0 Å². The number of benzene rings is 1. The molecule has 3 rings (SSSR count). The van der Waals surface area contributed by atoms with Crippen molar-refractivity contribution in [3.05, 3.63) is 47.3 Å². The highest BCUT2D eigenvalue weighted by Crippen LogP contribution is 2.32. The standard InChI is InChI=1S/C17H21N3O3/c1-12-11-13(2)20(18-12)8-7-19-9-10-23-15-6-4-3-5-14(15)16(19)17(21)22/h3-6,11,16H,7-10H2,1-2H3,(H,21,22). The molecule has 0 bridgehead atoms. The number of aliphatic carboxylic acids is 1. The van der Waals surface area contributed by atoms with E-state index in [2.05, 4.69) is 5.10 Å². The van der Waals surface area contributed by atoms with Gasteiger partial charge in [-0.1, -0.05) is 18.2 Å². The summed E-state index contributed by atoms with van der Waals surface area (Å²) in [5, 5.41) is 14.2. The van der Waals surface area contributed by atoms with Crippen LogP contribution in [0.2, 0.25) is 0 Å². The summed E-state index contributed by atoms with van der Waals surface area (Å²) in [6.45, 7) is 6.29. The van der Waals surface area contributed by atoms with Gasteiger partial charge in [0, 0.05) is 24.3 Å². The molecular formula is C17H21N3O3. The Morgan fingerprint density at radius 1 is 1.35 bits per heavy atom. The highest BCUT2D eigenvalue weighted by Gasteiger charge is 2.32. The molecule has 122 valence electrons. The molecule has 6 nitrogen and oxygen atoms in total. The third-order valence-electron chi connectivity index (χ3n) is 4.15. The van der Waals surface area contributed by atoms with Crippen LogP contribution in [0.1, 0.15) is 23.0 Å². The zero-order valence-corrected chi connectivity index (χ0v) is 13.4. The quantitative estimate of drug-likeness (QED) is 0.935. The SMILES string of the molecule is Cc1cc(C)n(CCN2CCOc3ccccc3C2C(=O)O)n1. The predicted molar refractivity (Wildman–Crippen MR) is 85.6 cm³/mol. The minimum absolute atomic E-state index is 0.484. The Labute approximate surface area is 135 Å². The van der Waals surface area contributed by atoms with Crippen LogP contribution in [-0.2, 0) is 11.3 Å². The molecule has 1 N–H and O–H groups in total. The first-order chi connectivity index (χ1) is 11.1. The second-order valence-electron chi connectivity index (χ2n) is 5.81. The van der Waals surface area contributed by atoms with E-state index in [1.807, 2.05) is 53.8 Å². The van der Waals surface area contributed by atoms with Gasteiger partial charge in [-0.05, 0) is 26.0 Å². The Morgan fingerprint density at radius 2 is 2.13 bits per heavy atom. The molecule has 1 aliphatic heterocycles. The van der Waals surface area contributed by atoms with Gasteiger partial charge in [-0.25, -0.2) is 0 Å². The van der Waals surface area contributed by atoms with Gasteiger partial charge >= 0.3 is 5.97 Å². The number of carboxylic acid groups (broad SMARTS) is 1. The molecule has 1 atom stereocenters. The molecule has 1 unspecified atom stereocenters. The maximum Gasteiger partial charge on any atom is 0.325 e. The number of fused-ring (bicyclic) bond motifs is 1. The van der Waals surface area contributed by atoms with Crippen LogP contribution >= 0.6 is 0 Å². The van der Waals surface area contributed by atoms with E-state index in [0.29, 0.717) is 37.6 Å². The number of nitrogens with zero attached hydrogens (tertiary/aromatic N) is 3. The lowest BCUT2D eigenvalue weighted by atomic mass is 10.0. The Kier molecular flexibility index (Phi) is 4.34. The molecule has 2 aromatic rings. The molecule has 0 aliphatic carbocycles. The molecule has 1 aromatic carbocycles. The van der Waals surface area contributed by atoms with Crippen LogP contribution in [0.15, 0.2) is 30.3 Å². The van der Waals surface area contributed by atoms with Crippen molar-refractivity contribution in [3.63, 3.8) is 0 Å². The summed E-state index contributed by atoms with van der Waals surface area (Å²) in [5.74, 6) is -0.190. The summed E-state index contributed by atoms with van der Waals surface area (Å²) >= 11 is 0. The van der Waals surface area contributed by atoms with Crippen molar-refractivity contribution in [1.82, 2.24) is 14.7 Å². The van der Waals surface area contributed by atoms with Gasteiger partial charge in [0.15, 0.2) is 0 Å². The summed E-state index contributed by atoms with van der Waals surface area (Å²) in [7, 11) is 0.